The van der Waals surface area contributed by atoms with Crippen LogP contribution in [0.4, 0.5) is 10.5 Å². The van der Waals surface area contributed by atoms with Gasteiger partial charge in [0.15, 0.2) is 0 Å². The van der Waals surface area contributed by atoms with Gasteiger partial charge in [-0.3, -0.25) is 14.7 Å². The number of nitrogens with one attached hydrogen (secondary N) is 1. The van der Waals surface area contributed by atoms with Crippen LogP contribution in [0.1, 0.15) is 11.1 Å². The van der Waals surface area contributed by atoms with Gasteiger partial charge in [-0.1, -0.05) is 12.1 Å². The Bertz CT molecular complexity index is 1520. The summed E-state index contributed by atoms with van der Waals surface area (Å²) in [4.78, 5) is 26.5. The number of nitrogens with zero attached hydrogens (tertiary/aromatic N) is 2. The SMILES string of the molecule is Cc1c2ccn(C(=O)Oc3ccc([N+](=O)[O-])cc3)cc2c(C)c2c1[nH+]c1ccccc12. The average Bonchev–Trinajstić information content (AvgIpc) is 3.17. The highest BCUT2D eigenvalue weighted by atomic mass is 16.6. The van der Waals surface area contributed by atoms with E-state index >= 15 is 0 Å². The highest BCUT2D eigenvalue weighted by molar-refractivity contribution is 6.13. The van der Waals surface area contributed by atoms with Gasteiger partial charge in [0, 0.05) is 41.5 Å². The lowest BCUT2D eigenvalue weighted by molar-refractivity contribution is -0.384. The lowest BCUT2D eigenvalue weighted by atomic mass is 9.97. The number of benzene rings is 3. The Morgan fingerprint density at radius 3 is 2.45 bits per heavy atom. The van der Waals surface area contributed by atoms with Gasteiger partial charge in [0.05, 0.1) is 15.7 Å². The lowest BCUT2D eigenvalue weighted by Crippen LogP contribution is -2.16. The number of rotatable bonds is 2. The molecule has 5 rings (SSSR count). The first-order valence-electron chi connectivity index (χ1n) is 9.75. The summed E-state index contributed by atoms with van der Waals surface area (Å²) in [5.74, 6) is 0.239. The average molecular weight is 412 g/mol. The number of para-hydroxylation sites is 1. The summed E-state index contributed by atoms with van der Waals surface area (Å²) in [6.45, 7) is 4.12. The van der Waals surface area contributed by atoms with Gasteiger partial charge in [0.1, 0.15) is 5.75 Å². The van der Waals surface area contributed by atoms with Gasteiger partial charge < -0.3 is 4.74 Å². The number of non-ortho nitro benzene ring substituents is 1. The first-order valence-corrected chi connectivity index (χ1v) is 9.75. The molecule has 0 saturated heterocycles. The molecule has 2 heterocycles. The zero-order valence-corrected chi connectivity index (χ0v) is 16.9. The van der Waals surface area contributed by atoms with Crippen LogP contribution in [-0.4, -0.2) is 15.6 Å². The van der Waals surface area contributed by atoms with Crippen LogP contribution in [0.2, 0.25) is 0 Å². The number of carbonyl (C=O) groups is 1. The van der Waals surface area contributed by atoms with Crippen molar-refractivity contribution in [3.05, 3.63) is 88.2 Å². The van der Waals surface area contributed by atoms with Gasteiger partial charge >= 0.3 is 6.09 Å². The Labute approximate surface area is 176 Å². The summed E-state index contributed by atoms with van der Waals surface area (Å²) in [5, 5.41) is 15.1. The second kappa shape index (κ2) is 6.91. The van der Waals surface area contributed by atoms with Crippen LogP contribution < -0.4 is 9.72 Å². The number of nitro groups is 1. The molecular weight excluding hydrogens is 394 g/mol. The van der Waals surface area contributed by atoms with Crippen LogP contribution in [0.3, 0.4) is 0 Å². The molecule has 3 aromatic carbocycles. The molecular formula is C24H18N3O4+. The molecule has 0 bridgehead atoms. The van der Waals surface area contributed by atoms with E-state index in [0.29, 0.717) is 0 Å². The van der Waals surface area contributed by atoms with E-state index < -0.39 is 11.0 Å². The van der Waals surface area contributed by atoms with Gasteiger partial charge in [-0.15, -0.1) is 0 Å². The number of H-pyrrole nitrogens is 1. The van der Waals surface area contributed by atoms with E-state index in [1.807, 2.05) is 18.2 Å². The molecule has 0 aliphatic heterocycles. The molecule has 0 fully saturated rings. The molecule has 7 heteroatoms. The maximum absolute atomic E-state index is 12.7. The molecule has 0 aliphatic carbocycles. The number of carbonyl (C=O) groups excluding carboxylic acids is 1. The lowest BCUT2D eigenvalue weighted by Gasteiger charge is -2.11. The Hall–Kier alpha value is -4.26. The summed E-state index contributed by atoms with van der Waals surface area (Å²) in [5.41, 5.74) is 4.29. The van der Waals surface area contributed by atoms with Crippen LogP contribution in [0.5, 0.6) is 5.75 Å². The van der Waals surface area contributed by atoms with Crippen LogP contribution >= 0.6 is 0 Å². The van der Waals surface area contributed by atoms with E-state index in [1.54, 1.807) is 12.4 Å². The number of pyridine rings is 1. The van der Waals surface area contributed by atoms with Crippen molar-refractivity contribution in [2.24, 2.45) is 0 Å². The molecule has 7 nitrogen and oxygen atoms in total. The van der Waals surface area contributed by atoms with Crippen LogP contribution in [0, 0.1) is 24.0 Å². The number of hydrogen-bond donors (Lipinski definition) is 0. The molecule has 1 N–H and O–H groups in total. The molecule has 0 saturated carbocycles. The molecule has 152 valence electrons. The predicted octanol–water partition coefficient (Wildman–Crippen LogP) is 5.33. The minimum Gasteiger partial charge on any atom is -0.410 e. The van der Waals surface area contributed by atoms with Crippen molar-refractivity contribution in [3.8, 4) is 5.75 Å². The zero-order valence-electron chi connectivity index (χ0n) is 16.9. The van der Waals surface area contributed by atoms with Crippen LogP contribution in [-0.2, 0) is 0 Å². The fourth-order valence-corrected chi connectivity index (χ4v) is 4.11. The van der Waals surface area contributed by atoms with Crippen molar-refractivity contribution < 1.29 is 19.4 Å². The normalized spacial score (nSPS) is 11.3. The topological polar surface area (TPSA) is 88.5 Å². The monoisotopic (exact) mass is 412 g/mol. The summed E-state index contributed by atoms with van der Waals surface area (Å²) in [6.07, 6.45) is 2.84. The number of fused-ring (bicyclic) bond motifs is 4. The third-order valence-corrected chi connectivity index (χ3v) is 5.69. The van der Waals surface area contributed by atoms with E-state index in [9.17, 15) is 14.9 Å². The molecule has 0 atom stereocenters. The Morgan fingerprint density at radius 2 is 1.71 bits per heavy atom. The van der Waals surface area contributed by atoms with Crippen molar-refractivity contribution in [3.63, 3.8) is 0 Å². The summed E-state index contributed by atoms with van der Waals surface area (Å²) >= 11 is 0. The van der Waals surface area contributed by atoms with E-state index in [4.69, 9.17) is 4.74 Å². The first kappa shape index (κ1) is 18.7. The number of ether oxygens (including phenoxy) is 1. The second-order valence-corrected chi connectivity index (χ2v) is 7.47. The van der Waals surface area contributed by atoms with Crippen LogP contribution in [0.25, 0.3) is 32.6 Å². The molecule has 0 unspecified atom stereocenters. The number of hydrogen-bond acceptors (Lipinski definition) is 4. The largest absolute Gasteiger partial charge is 0.423 e. The van der Waals surface area contributed by atoms with E-state index in [2.05, 4.69) is 31.0 Å². The first-order chi connectivity index (χ1) is 14.9. The Kier molecular flexibility index (Phi) is 4.18. The third-order valence-electron chi connectivity index (χ3n) is 5.69. The van der Waals surface area contributed by atoms with Crippen LogP contribution in [0.15, 0.2) is 67.0 Å². The fourth-order valence-electron chi connectivity index (χ4n) is 4.11. The van der Waals surface area contributed by atoms with E-state index in [0.717, 1.165) is 43.7 Å². The van der Waals surface area contributed by atoms with Crippen molar-refractivity contribution in [1.82, 2.24) is 4.57 Å². The second-order valence-electron chi connectivity index (χ2n) is 7.47. The van der Waals surface area contributed by atoms with E-state index in [1.165, 1.54) is 28.8 Å². The minimum absolute atomic E-state index is 0.0630. The highest BCUT2D eigenvalue weighted by Crippen LogP contribution is 2.34. The fraction of sp³-hybridized carbons (Fsp3) is 0.0833. The smallest absolute Gasteiger partial charge is 0.410 e. The molecule has 2 aromatic heterocycles. The predicted molar refractivity (Wildman–Crippen MR) is 117 cm³/mol. The van der Waals surface area contributed by atoms with Crippen molar-refractivity contribution in [2.45, 2.75) is 13.8 Å². The molecule has 0 spiro atoms. The van der Waals surface area contributed by atoms with Crippen molar-refractivity contribution >= 4 is 44.4 Å². The maximum atomic E-state index is 12.7. The highest BCUT2D eigenvalue weighted by Gasteiger charge is 2.20. The number of aromatic amines is 1. The molecule has 0 radical (unpaired) electrons. The third kappa shape index (κ3) is 2.98. The van der Waals surface area contributed by atoms with Crippen molar-refractivity contribution in [2.75, 3.05) is 0 Å². The Morgan fingerprint density at radius 1 is 0.968 bits per heavy atom. The molecule has 31 heavy (non-hydrogen) atoms. The van der Waals surface area contributed by atoms with Gasteiger partial charge in [0.2, 0.25) is 11.0 Å². The maximum Gasteiger partial charge on any atom is 0.423 e. The quantitative estimate of drug-likeness (QED) is 0.289. The van der Waals surface area contributed by atoms with Gasteiger partial charge in [0.25, 0.3) is 5.69 Å². The summed E-state index contributed by atoms with van der Waals surface area (Å²) < 4.78 is 6.78. The number of aryl methyl sites for hydroxylation is 2. The molecule has 5 aromatic rings. The molecule has 0 amide bonds. The standard InChI is InChI=1S/C24H17N3O4/c1-14-20-13-26(24(28)31-17-9-7-16(8-10-17)27(29)30)12-11-18(20)15(2)23-22(14)19-5-3-4-6-21(19)25-23/h3-13H,1-2H3/p+1. The van der Waals surface area contributed by atoms with E-state index in [-0.39, 0.29) is 11.4 Å². The van der Waals surface area contributed by atoms with Gasteiger partial charge in [-0.05, 0) is 49.1 Å². The minimum atomic E-state index is -0.591. The van der Waals surface area contributed by atoms with Gasteiger partial charge in [-0.25, -0.2) is 9.78 Å². The summed E-state index contributed by atoms with van der Waals surface area (Å²) in [7, 11) is 0. The number of nitro benzene ring substituents is 1. The Balaban J connectivity index is 1.59. The number of aromatic nitrogens is 2. The molecule has 0 aliphatic rings. The summed E-state index contributed by atoms with van der Waals surface area (Å²) in [6, 6.07) is 15.5. The zero-order chi connectivity index (χ0) is 21.7. The van der Waals surface area contributed by atoms with Crippen molar-refractivity contribution in [1.29, 1.82) is 0 Å². The van der Waals surface area contributed by atoms with Gasteiger partial charge in [-0.2, -0.15) is 0 Å².